The minimum absolute atomic E-state index is 0.0586. The first-order valence-electron chi connectivity index (χ1n) is 10.5. The van der Waals surface area contributed by atoms with Gasteiger partial charge in [-0.05, 0) is 24.3 Å². The van der Waals surface area contributed by atoms with E-state index in [1.165, 1.54) is 31.4 Å². The van der Waals surface area contributed by atoms with Gasteiger partial charge in [0.2, 0.25) is 6.10 Å². The van der Waals surface area contributed by atoms with E-state index >= 15 is 0 Å². The largest absolute Gasteiger partial charge is 0.497 e. The molecule has 1 atom stereocenters. The van der Waals surface area contributed by atoms with Gasteiger partial charge in [-0.15, -0.1) is 0 Å². The van der Waals surface area contributed by atoms with E-state index in [-0.39, 0.29) is 11.3 Å². The summed E-state index contributed by atoms with van der Waals surface area (Å²) in [5.74, 6) is -3.10. The number of alkyl halides is 3. The first kappa shape index (κ1) is 26.0. The van der Waals surface area contributed by atoms with Crippen molar-refractivity contribution < 1.29 is 37.0 Å². The molecule has 0 saturated heterocycles. The summed E-state index contributed by atoms with van der Waals surface area (Å²) in [6, 6.07) is 20.7. The third-order valence-electron chi connectivity index (χ3n) is 4.80. The van der Waals surface area contributed by atoms with E-state index in [4.69, 9.17) is 9.47 Å². The van der Waals surface area contributed by atoms with Gasteiger partial charge in [-0.25, -0.2) is 4.79 Å². The molecule has 3 aromatic rings. The highest BCUT2D eigenvalue weighted by atomic mass is 19.4. The number of esters is 1. The van der Waals surface area contributed by atoms with Gasteiger partial charge in [0.25, 0.3) is 11.7 Å². The molecule has 0 bridgehead atoms. The third-order valence-corrected chi connectivity index (χ3v) is 4.80. The van der Waals surface area contributed by atoms with Crippen LogP contribution in [0.1, 0.15) is 22.0 Å². The minimum Gasteiger partial charge on any atom is -0.497 e. The normalized spacial score (nSPS) is 12.0. The number of hydrogen-bond donors (Lipinski definition) is 2. The van der Waals surface area contributed by atoms with Gasteiger partial charge in [0.15, 0.2) is 0 Å². The van der Waals surface area contributed by atoms with Gasteiger partial charge >= 0.3 is 12.1 Å². The van der Waals surface area contributed by atoms with E-state index in [0.29, 0.717) is 23.1 Å². The number of anilines is 2. The van der Waals surface area contributed by atoms with Crippen molar-refractivity contribution in [1.29, 1.82) is 0 Å². The number of para-hydroxylation sites is 1. The summed E-state index contributed by atoms with van der Waals surface area (Å²) in [6.07, 6.45) is -5.29. The van der Waals surface area contributed by atoms with E-state index in [0.717, 1.165) is 6.20 Å². The smallest absolute Gasteiger partial charge is 0.454 e. The Bertz CT molecular complexity index is 1260. The molecule has 10 heteroatoms. The van der Waals surface area contributed by atoms with Crippen molar-refractivity contribution in [3.63, 3.8) is 0 Å². The summed E-state index contributed by atoms with van der Waals surface area (Å²) in [7, 11) is 1.48. The molecule has 1 unspecified atom stereocenters. The lowest BCUT2D eigenvalue weighted by atomic mass is 10.1. The molecular weight excluding hydrogens is 477 g/mol. The number of carbonyl (C=O) groups is 3. The Morgan fingerprint density at radius 1 is 0.917 bits per heavy atom. The van der Waals surface area contributed by atoms with E-state index in [1.54, 1.807) is 54.6 Å². The lowest BCUT2D eigenvalue weighted by Gasteiger charge is -2.19. The fourth-order valence-electron chi connectivity index (χ4n) is 3.07. The standard InChI is InChI=1S/C26H21F3N2O5/c1-35-19-11-7-10-18(16-19)31-24(33)23(17-8-3-2-4-9-17)36-25(34)20-12-5-6-13-21(20)30-15-14-22(32)26(27,28)29/h2-16,23,30H,1H3,(H,31,33). The number of amides is 1. The van der Waals surface area contributed by atoms with Crippen molar-refractivity contribution in [2.75, 3.05) is 17.7 Å². The zero-order valence-electron chi connectivity index (χ0n) is 18.9. The van der Waals surface area contributed by atoms with Gasteiger partial charge < -0.3 is 20.1 Å². The molecule has 3 aromatic carbocycles. The van der Waals surface area contributed by atoms with Gasteiger partial charge in [0, 0.05) is 29.6 Å². The van der Waals surface area contributed by atoms with Crippen molar-refractivity contribution in [3.8, 4) is 5.75 Å². The van der Waals surface area contributed by atoms with Crippen LogP contribution in [0, 0.1) is 0 Å². The number of benzene rings is 3. The summed E-state index contributed by atoms with van der Waals surface area (Å²) >= 11 is 0. The molecule has 0 aliphatic carbocycles. The Morgan fingerprint density at radius 2 is 1.61 bits per heavy atom. The highest BCUT2D eigenvalue weighted by Crippen LogP contribution is 2.25. The number of carbonyl (C=O) groups excluding carboxylic acids is 3. The quantitative estimate of drug-likeness (QED) is 0.308. The Kier molecular flexibility index (Phi) is 8.45. The Hall–Kier alpha value is -4.60. The molecule has 0 aliphatic heterocycles. The summed E-state index contributed by atoms with van der Waals surface area (Å²) in [4.78, 5) is 37.2. The average Bonchev–Trinajstić information content (AvgIpc) is 2.87. The second-order valence-electron chi connectivity index (χ2n) is 7.30. The van der Waals surface area contributed by atoms with Crippen LogP contribution in [0.3, 0.4) is 0 Å². The van der Waals surface area contributed by atoms with Crippen LogP contribution < -0.4 is 15.4 Å². The lowest BCUT2D eigenvalue weighted by Crippen LogP contribution is -2.26. The Morgan fingerprint density at radius 3 is 2.31 bits per heavy atom. The van der Waals surface area contributed by atoms with E-state index in [9.17, 15) is 27.6 Å². The summed E-state index contributed by atoms with van der Waals surface area (Å²) < 4.78 is 47.9. The number of allylic oxidation sites excluding steroid dienone is 1. The van der Waals surface area contributed by atoms with Crippen LogP contribution in [0.2, 0.25) is 0 Å². The number of ketones is 1. The summed E-state index contributed by atoms with van der Waals surface area (Å²) in [5, 5.41) is 5.16. The Balaban J connectivity index is 1.82. The first-order valence-corrected chi connectivity index (χ1v) is 10.5. The van der Waals surface area contributed by atoms with Crippen LogP contribution in [-0.4, -0.2) is 30.9 Å². The van der Waals surface area contributed by atoms with E-state index in [2.05, 4.69) is 10.6 Å². The van der Waals surface area contributed by atoms with E-state index < -0.39 is 29.9 Å². The van der Waals surface area contributed by atoms with Gasteiger partial charge in [0.05, 0.1) is 18.4 Å². The minimum atomic E-state index is -5.02. The van der Waals surface area contributed by atoms with E-state index in [1.807, 2.05) is 0 Å². The predicted octanol–water partition coefficient (Wildman–Crippen LogP) is 5.29. The van der Waals surface area contributed by atoms with Gasteiger partial charge in [0.1, 0.15) is 5.75 Å². The van der Waals surface area contributed by atoms with Crippen LogP contribution in [0.15, 0.2) is 91.1 Å². The number of halogens is 3. The van der Waals surface area contributed by atoms with Crippen LogP contribution in [0.4, 0.5) is 24.5 Å². The molecule has 0 radical (unpaired) electrons. The molecule has 0 fully saturated rings. The van der Waals surface area contributed by atoms with Gasteiger partial charge in [-0.1, -0.05) is 48.5 Å². The van der Waals surface area contributed by atoms with Gasteiger partial charge in [-0.2, -0.15) is 13.2 Å². The molecule has 1 amide bonds. The fourth-order valence-corrected chi connectivity index (χ4v) is 3.07. The number of hydrogen-bond acceptors (Lipinski definition) is 6. The maximum atomic E-state index is 13.1. The molecule has 3 rings (SSSR count). The number of ether oxygens (including phenoxy) is 2. The van der Waals surface area contributed by atoms with Crippen molar-refractivity contribution in [2.24, 2.45) is 0 Å². The van der Waals surface area contributed by atoms with Crippen LogP contribution in [-0.2, 0) is 14.3 Å². The molecule has 0 spiro atoms. The molecule has 7 nitrogen and oxygen atoms in total. The van der Waals surface area contributed by atoms with Crippen molar-refractivity contribution in [3.05, 3.63) is 102 Å². The highest BCUT2D eigenvalue weighted by molar-refractivity contribution is 6.00. The number of rotatable bonds is 9. The summed E-state index contributed by atoms with van der Waals surface area (Å²) in [6.45, 7) is 0. The number of methoxy groups -OCH3 is 1. The molecule has 0 heterocycles. The zero-order valence-corrected chi connectivity index (χ0v) is 18.9. The lowest BCUT2D eigenvalue weighted by molar-refractivity contribution is -0.165. The Labute approximate surface area is 204 Å². The van der Waals surface area contributed by atoms with Crippen LogP contribution in [0.5, 0.6) is 5.75 Å². The fraction of sp³-hybridized carbons (Fsp3) is 0.115. The maximum absolute atomic E-state index is 13.1. The number of nitrogens with one attached hydrogen (secondary N) is 2. The molecule has 0 saturated carbocycles. The first-order chi connectivity index (χ1) is 17.2. The zero-order chi connectivity index (χ0) is 26.1. The topological polar surface area (TPSA) is 93.7 Å². The average molecular weight is 498 g/mol. The second kappa shape index (κ2) is 11.7. The van der Waals surface area contributed by atoms with Crippen molar-refractivity contribution in [1.82, 2.24) is 0 Å². The van der Waals surface area contributed by atoms with Crippen molar-refractivity contribution in [2.45, 2.75) is 12.3 Å². The van der Waals surface area contributed by atoms with Crippen molar-refractivity contribution >= 4 is 29.0 Å². The molecule has 36 heavy (non-hydrogen) atoms. The molecule has 0 aromatic heterocycles. The summed E-state index contributed by atoms with van der Waals surface area (Å²) in [5.41, 5.74) is 0.829. The molecular formula is C26H21F3N2O5. The molecule has 0 aliphatic rings. The second-order valence-corrected chi connectivity index (χ2v) is 7.30. The van der Waals surface area contributed by atoms with Crippen LogP contribution >= 0.6 is 0 Å². The maximum Gasteiger partial charge on any atom is 0.454 e. The highest BCUT2D eigenvalue weighted by Gasteiger charge is 2.36. The molecule has 2 N–H and O–H groups in total. The third kappa shape index (κ3) is 6.95. The monoisotopic (exact) mass is 498 g/mol. The predicted molar refractivity (Wildman–Crippen MR) is 126 cm³/mol. The molecule has 186 valence electrons. The van der Waals surface area contributed by atoms with Crippen LogP contribution in [0.25, 0.3) is 0 Å². The SMILES string of the molecule is COc1cccc(NC(=O)C(OC(=O)c2ccccc2NC=CC(=O)C(F)(F)F)c2ccccc2)c1. The van der Waals surface area contributed by atoms with Gasteiger partial charge in [-0.3, -0.25) is 9.59 Å².